The summed E-state index contributed by atoms with van der Waals surface area (Å²) in [4.78, 5) is 0. The van der Waals surface area contributed by atoms with E-state index in [-0.39, 0.29) is 91.4 Å². The largest absolute Gasteiger partial charge is 1.00 e. The Bertz CT molecular complexity index is 99.2. The Morgan fingerprint density at radius 1 is 1.29 bits per heavy atom. The average Bonchev–Trinajstić information content (AvgIpc) is 0.722. The van der Waals surface area contributed by atoms with Crippen LogP contribution in [0.5, 0.6) is 0 Å². The van der Waals surface area contributed by atoms with E-state index in [0.29, 0.717) is 0 Å². The van der Waals surface area contributed by atoms with Gasteiger partial charge in [0.2, 0.25) is 0 Å². The van der Waals surface area contributed by atoms with Gasteiger partial charge in [-0.1, -0.05) is 0 Å². The van der Waals surface area contributed by atoms with Crippen LogP contribution in [0.2, 0.25) is 0 Å². The van der Waals surface area contributed by atoms with Crippen molar-refractivity contribution < 1.29 is 109 Å². The van der Waals surface area contributed by atoms with Crippen LogP contribution in [0, 0.1) is 0 Å². The van der Waals surface area contributed by atoms with E-state index < -0.39 is 10.4 Å². The molecule has 0 aromatic heterocycles. The first kappa shape index (κ1) is 16.3. The van der Waals surface area contributed by atoms with Crippen LogP contribution in [-0.4, -0.2) is 17.5 Å². The zero-order valence-corrected chi connectivity index (χ0v) is 12.6. The van der Waals surface area contributed by atoms with Gasteiger partial charge in [-0.25, -0.2) is 0 Å². The second-order valence-corrected chi connectivity index (χ2v) is 1.34. The Balaban J connectivity index is -0.0000000267. The number of hydrogen-bond acceptors (Lipinski definition) is 2. The molecule has 0 atom stereocenters. The Labute approximate surface area is 116 Å². The van der Waals surface area contributed by atoms with Gasteiger partial charge in [-0.3, -0.25) is 9.11 Å². The van der Waals surface area contributed by atoms with Crippen molar-refractivity contribution in [3.8, 4) is 0 Å². The van der Waals surface area contributed by atoms with E-state index in [1.165, 1.54) is 0 Å². The smallest absolute Gasteiger partial charge is 1.00 e. The van der Waals surface area contributed by atoms with Gasteiger partial charge >= 0.3 is 79.3 Å². The Kier molecular flexibility index (Phi) is 15.7. The second-order valence-electron chi connectivity index (χ2n) is 0.448. The van der Waals surface area contributed by atoms with Crippen molar-refractivity contribution in [2.45, 2.75) is 0 Å². The van der Waals surface area contributed by atoms with Gasteiger partial charge in [-0.15, -0.1) is 0 Å². The van der Waals surface area contributed by atoms with Crippen molar-refractivity contribution in [1.82, 2.24) is 0 Å². The Morgan fingerprint density at radius 2 is 1.29 bits per heavy atom. The minimum Gasteiger partial charge on any atom is -1.00 e. The zero-order chi connectivity index (χ0) is 4.50. The molecule has 0 heterocycles. The maximum absolute atomic E-state index is 8.74. The van der Waals surface area contributed by atoms with Gasteiger partial charge in [0.15, 0.2) is 0 Å². The van der Waals surface area contributed by atoms with Crippen LogP contribution >= 0.6 is 0 Å². The summed E-state index contributed by atoms with van der Waals surface area (Å²) in [5.74, 6) is 0. The molecule has 0 aromatic rings. The molecule has 7 heteroatoms. The van der Waals surface area contributed by atoms with E-state index in [1.54, 1.807) is 0 Å². The molecule has 0 unspecified atom stereocenters. The van der Waals surface area contributed by atoms with E-state index in [2.05, 4.69) is 0 Å². The Hall–Kier alpha value is 2.61. The molecule has 0 saturated carbocycles. The van der Waals surface area contributed by atoms with Crippen LogP contribution in [0.3, 0.4) is 0 Å². The van der Waals surface area contributed by atoms with Crippen molar-refractivity contribution in [3.05, 3.63) is 0 Å². The third kappa shape index (κ3) is 55.2. The van der Waals surface area contributed by atoms with Gasteiger partial charge in [-0.2, -0.15) is 8.42 Å². The van der Waals surface area contributed by atoms with Crippen molar-refractivity contribution in [1.29, 1.82) is 0 Å². The molecule has 0 fully saturated rings. The van der Waals surface area contributed by atoms with Gasteiger partial charge in [0.25, 0.3) is 0 Å². The van der Waals surface area contributed by atoms with Crippen LogP contribution < -0.4 is 68.9 Å². The summed E-state index contributed by atoms with van der Waals surface area (Å²) in [6, 6.07) is 0. The van der Waals surface area contributed by atoms with Crippen molar-refractivity contribution in [3.63, 3.8) is 0 Å². The van der Waals surface area contributed by atoms with E-state index >= 15 is 0 Å². The quantitative estimate of drug-likeness (QED) is 0.357. The SMILES string of the molecule is O=S(=O)(O)O.[Cs+].[H-].[Mo]. The molecule has 2 N–H and O–H groups in total. The van der Waals surface area contributed by atoms with Crippen LogP contribution in [0.1, 0.15) is 1.43 Å². The first-order chi connectivity index (χ1) is 2.00. The van der Waals surface area contributed by atoms with Gasteiger partial charge in [0.05, 0.1) is 0 Å². The Morgan fingerprint density at radius 3 is 1.29 bits per heavy atom. The molecule has 0 saturated heterocycles. The molecule has 0 aliphatic heterocycles. The summed E-state index contributed by atoms with van der Waals surface area (Å²) in [6.07, 6.45) is 0. The molecule has 0 aliphatic carbocycles. The molecule has 0 aliphatic rings. The third-order valence-corrected chi connectivity index (χ3v) is 0. The monoisotopic (exact) mass is 330 g/mol. The summed E-state index contributed by atoms with van der Waals surface area (Å²) >= 11 is 0. The van der Waals surface area contributed by atoms with E-state index in [4.69, 9.17) is 17.5 Å². The predicted octanol–water partition coefficient (Wildman–Crippen LogP) is -3.54. The fraction of sp³-hybridized carbons (Fsp3) is 0. The van der Waals surface area contributed by atoms with Crippen molar-refractivity contribution in [2.75, 3.05) is 0 Å². The third-order valence-electron chi connectivity index (χ3n) is 0. The van der Waals surface area contributed by atoms with Gasteiger partial charge in [0.1, 0.15) is 0 Å². The summed E-state index contributed by atoms with van der Waals surface area (Å²) in [5, 5.41) is 0. The summed E-state index contributed by atoms with van der Waals surface area (Å²) in [5.41, 5.74) is 0. The second kappa shape index (κ2) is 6.73. The molecule has 0 aromatic carbocycles. The number of rotatable bonds is 0. The van der Waals surface area contributed by atoms with Crippen LogP contribution in [-0.2, 0) is 31.5 Å². The maximum Gasteiger partial charge on any atom is 1.00 e. The summed E-state index contributed by atoms with van der Waals surface area (Å²) in [6.45, 7) is 0. The van der Waals surface area contributed by atoms with E-state index in [9.17, 15) is 0 Å². The molecule has 40 valence electrons. The van der Waals surface area contributed by atoms with Crippen LogP contribution in [0.15, 0.2) is 0 Å². The molecule has 4 nitrogen and oxygen atoms in total. The first-order valence-electron chi connectivity index (χ1n) is 0.698. The van der Waals surface area contributed by atoms with Crippen LogP contribution in [0.25, 0.3) is 0 Å². The average molecular weight is 328 g/mol. The van der Waals surface area contributed by atoms with E-state index in [0.717, 1.165) is 0 Å². The minimum atomic E-state index is -4.67. The predicted molar refractivity (Wildman–Crippen MR) is 15.3 cm³/mol. The fourth-order valence-corrected chi connectivity index (χ4v) is 0. The molecule has 0 spiro atoms. The summed E-state index contributed by atoms with van der Waals surface area (Å²) in [7, 11) is -4.67. The van der Waals surface area contributed by atoms with Gasteiger partial charge in [0, 0.05) is 21.1 Å². The molecular formula is H3CsMoO4S. The zero-order valence-electron chi connectivity index (χ0n) is 4.53. The summed E-state index contributed by atoms with van der Waals surface area (Å²) < 4.78 is 31.6. The van der Waals surface area contributed by atoms with Crippen molar-refractivity contribution >= 4 is 10.4 Å². The molecule has 0 bridgehead atoms. The molecular weight excluding hydrogens is 325 g/mol. The normalized spacial score (nSPS) is 8.29. The topological polar surface area (TPSA) is 74.6 Å². The van der Waals surface area contributed by atoms with Gasteiger partial charge < -0.3 is 1.43 Å². The minimum absolute atomic E-state index is 0. The van der Waals surface area contributed by atoms with Crippen molar-refractivity contribution in [2.24, 2.45) is 0 Å². The number of hydrogen-bond donors (Lipinski definition) is 2. The van der Waals surface area contributed by atoms with E-state index in [1.807, 2.05) is 0 Å². The first-order valence-corrected chi connectivity index (χ1v) is 2.10. The van der Waals surface area contributed by atoms with Crippen LogP contribution in [0.4, 0.5) is 0 Å². The maximum atomic E-state index is 8.74. The molecule has 7 heavy (non-hydrogen) atoms. The molecule has 0 radical (unpaired) electrons. The molecule has 0 amide bonds. The van der Waals surface area contributed by atoms with Gasteiger partial charge in [-0.05, 0) is 0 Å². The standard InChI is InChI=1S/Cs.Mo.H2O4S.H/c;;1-5(2,3)4;/h;;(H2,1,2,3,4);/q+1;;;-1. The fourth-order valence-electron chi connectivity index (χ4n) is 0. The molecule has 0 rings (SSSR count).